The number of fused-ring (bicyclic) bond motifs is 3. The van der Waals surface area contributed by atoms with Gasteiger partial charge in [0.2, 0.25) is 5.91 Å². The predicted molar refractivity (Wildman–Crippen MR) is 96.4 cm³/mol. The van der Waals surface area contributed by atoms with Crippen molar-refractivity contribution in [3.63, 3.8) is 0 Å². The molecule has 3 heterocycles. The molecule has 1 atom stereocenters. The van der Waals surface area contributed by atoms with Gasteiger partial charge in [-0.25, -0.2) is 0 Å². The summed E-state index contributed by atoms with van der Waals surface area (Å²) in [5.74, 6) is 0.200. The number of hydrogen-bond donors (Lipinski definition) is 0. The lowest BCUT2D eigenvalue weighted by molar-refractivity contribution is -0.129. The Kier molecular flexibility index (Phi) is 3.92. The fraction of sp³-hybridized carbons (Fsp3) is 0.389. The molecule has 5 nitrogen and oxygen atoms in total. The molecule has 0 bridgehead atoms. The number of aromatic nitrogens is 3. The summed E-state index contributed by atoms with van der Waals surface area (Å²) in [6.45, 7) is 5.81. The molecule has 24 heavy (non-hydrogen) atoms. The van der Waals surface area contributed by atoms with E-state index in [-0.39, 0.29) is 11.2 Å². The highest BCUT2D eigenvalue weighted by molar-refractivity contribution is 8.00. The number of hydrogen-bond acceptors (Lipinski definition) is 4. The third-order valence-corrected chi connectivity index (χ3v) is 5.65. The lowest BCUT2D eigenvalue weighted by Gasteiger charge is -2.19. The van der Waals surface area contributed by atoms with Crippen molar-refractivity contribution in [1.82, 2.24) is 19.5 Å². The molecule has 3 aromatic rings. The van der Waals surface area contributed by atoms with E-state index in [1.807, 2.05) is 30.0 Å². The van der Waals surface area contributed by atoms with Crippen LogP contribution >= 0.6 is 11.8 Å². The van der Waals surface area contributed by atoms with Gasteiger partial charge in [-0.3, -0.25) is 9.20 Å². The van der Waals surface area contributed by atoms with E-state index >= 15 is 0 Å². The summed E-state index contributed by atoms with van der Waals surface area (Å²) >= 11 is 1.49. The third-order valence-electron chi connectivity index (χ3n) is 4.62. The zero-order chi connectivity index (χ0) is 16.7. The fourth-order valence-electron chi connectivity index (χ4n) is 3.35. The summed E-state index contributed by atoms with van der Waals surface area (Å²) in [4.78, 5) is 14.5. The molecule has 124 valence electrons. The normalized spacial score (nSPS) is 16.2. The van der Waals surface area contributed by atoms with Crippen LogP contribution in [0.15, 0.2) is 35.5 Å². The number of benzene rings is 1. The number of carbonyl (C=O) groups excluding carboxylic acids is 1. The summed E-state index contributed by atoms with van der Waals surface area (Å²) in [7, 11) is 0. The zero-order valence-electron chi connectivity index (χ0n) is 13.9. The van der Waals surface area contributed by atoms with Gasteiger partial charge >= 0.3 is 0 Å². The highest BCUT2D eigenvalue weighted by Crippen LogP contribution is 2.29. The molecule has 0 spiro atoms. The minimum Gasteiger partial charge on any atom is -0.342 e. The first-order valence-corrected chi connectivity index (χ1v) is 9.22. The molecule has 1 saturated heterocycles. The number of amides is 1. The Hall–Kier alpha value is -2.08. The highest BCUT2D eigenvalue weighted by Gasteiger charge is 2.25. The number of aryl methyl sites for hydroxylation is 1. The van der Waals surface area contributed by atoms with Crippen molar-refractivity contribution in [3.05, 3.63) is 35.9 Å². The SMILES string of the molecule is Cc1cc2nnc(S[C@@H](C)C(=O)N3CCCC3)n2c2ccccc12. The monoisotopic (exact) mass is 340 g/mol. The van der Waals surface area contributed by atoms with Crippen LogP contribution in [0.25, 0.3) is 16.6 Å². The lowest BCUT2D eigenvalue weighted by Crippen LogP contribution is -2.34. The molecule has 0 radical (unpaired) electrons. The Bertz CT molecular complexity index is 914. The van der Waals surface area contributed by atoms with Gasteiger partial charge in [-0.2, -0.15) is 0 Å². The minimum atomic E-state index is -0.157. The molecule has 1 fully saturated rings. The summed E-state index contributed by atoms with van der Waals surface area (Å²) < 4.78 is 2.06. The molecule has 2 aromatic heterocycles. The Morgan fingerprint density at radius 1 is 1.21 bits per heavy atom. The average molecular weight is 340 g/mol. The average Bonchev–Trinajstić information content (AvgIpc) is 3.25. The number of nitrogens with zero attached hydrogens (tertiary/aromatic N) is 4. The van der Waals surface area contributed by atoms with Crippen molar-refractivity contribution < 1.29 is 4.79 Å². The van der Waals surface area contributed by atoms with E-state index in [2.05, 4.69) is 33.7 Å². The molecule has 4 rings (SSSR count). The van der Waals surface area contributed by atoms with Crippen LogP contribution in [0.3, 0.4) is 0 Å². The van der Waals surface area contributed by atoms with Crippen LogP contribution in [-0.2, 0) is 4.79 Å². The van der Waals surface area contributed by atoms with Gasteiger partial charge < -0.3 is 4.90 Å². The standard InChI is InChI=1S/C18H20N4OS/c1-12-11-16-19-20-18(22(16)15-8-4-3-7-14(12)15)24-13(2)17(23)21-9-5-6-10-21/h3-4,7-8,11,13H,5-6,9-10H2,1-2H3/t13-/m0/s1. The molecule has 0 N–H and O–H groups in total. The van der Waals surface area contributed by atoms with Crippen molar-refractivity contribution in [1.29, 1.82) is 0 Å². The maximum absolute atomic E-state index is 12.6. The van der Waals surface area contributed by atoms with Crippen LogP contribution in [0.1, 0.15) is 25.3 Å². The van der Waals surface area contributed by atoms with Gasteiger partial charge in [-0.15, -0.1) is 10.2 Å². The van der Waals surface area contributed by atoms with Gasteiger partial charge in [0.15, 0.2) is 10.8 Å². The maximum atomic E-state index is 12.6. The van der Waals surface area contributed by atoms with Crippen LogP contribution in [0, 0.1) is 6.92 Å². The topological polar surface area (TPSA) is 50.5 Å². The van der Waals surface area contributed by atoms with Crippen molar-refractivity contribution >= 4 is 34.2 Å². The van der Waals surface area contributed by atoms with E-state index in [1.165, 1.54) is 22.7 Å². The molecule has 1 aliphatic heterocycles. The molecule has 1 aliphatic rings. The summed E-state index contributed by atoms with van der Waals surface area (Å²) in [6.07, 6.45) is 2.22. The number of rotatable bonds is 3. The largest absolute Gasteiger partial charge is 0.342 e. The van der Waals surface area contributed by atoms with Gasteiger partial charge in [-0.05, 0) is 44.4 Å². The quantitative estimate of drug-likeness (QED) is 0.687. The van der Waals surface area contributed by atoms with Crippen molar-refractivity contribution in [2.24, 2.45) is 0 Å². The van der Waals surface area contributed by atoms with E-state index in [4.69, 9.17) is 0 Å². The van der Waals surface area contributed by atoms with Crippen molar-refractivity contribution in [2.75, 3.05) is 13.1 Å². The molecule has 1 aromatic carbocycles. The molecule has 0 aliphatic carbocycles. The van der Waals surface area contributed by atoms with Gasteiger partial charge in [0.05, 0.1) is 10.8 Å². The van der Waals surface area contributed by atoms with Crippen LogP contribution < -0.4 is 0 Å². The smallest absolute Gasteiger partial charge is 0.235 e. The Balaban J connectivity index is 1.72. The zero-order valence-corrected chi connectivity index (χ0v) is 14.7. The molecule has 0 saturated carbocycles. The molecule has 0 unspecified atom stereocenters. The second-order valence-corrected chi connectivity index (χ2v) is 7.62. The number of likely N-dealkylation sites (tertiary alicyclic amines) is 1. The summed E-state index contributed by atoms with van der Waals surface area (Å²) in [5, 5.41) is 10.5. The first-order valence-electron chi connectivity index (χ1n) is 8.34. The summed E-state index contributed by atoms with van der Waals surface area (Å²) in [5.41, 5.74) is 3.10. The molecule has 1 amide bonds. The van der Waals surface area contributed by atoms with E-state index in [0.717, 1.165) is 42.3 Å². The van der Waals surface area contributed by atoms with Gasteiger partial charge in [0.25, 0.3) is 0 Å². The first kappa shape index (κ1) is 15.4. The van der Waals surface area contributed by atoms with Crippen LogP contribution in [-0.4, -0.2) is 43.7 Å². The Labute approximate surface area is 145 Å². The van der Waals surface area contributed by atoms with Crippen LogP contribution in [0.5, 0.6) is 0 Å². The minimum absolute atomic E-state index is 0.157. The lowest BCUT2D eigenvalue weighted by atomic mass is 10.1. The van der Waals surface area contributed by atoms with Crippen LogP contribution in [0.2, 0.25) is 0 Å². The van der Waals surface area contributed by atoms with E-state index in [0.29, 0.717) is 0 Å². The number of carbonyl (C=O) groups is 1. The number of thioether (sulfide) groups is 1. The molecular weight excluding hydrogens is 320 g/mol. The Morgan fingerprint density at radius 2 is 1.96 bits per heavy atom. The van der Waals surface area contributed by atoms with Crippen LogP contribution in [0.4, 0.5) is 0 Å². The molecule has 6 heteroatoms. The fourth-order valence-corrected chi connectivity index (χ4v) is 4.31. The second kappa shape index (κ2) is 6.09. The predicted octanol–water partition coefficient (Wildman–Crippen LogP) is 3.29. The van der Waals surface area contributed by atoms with Gasteiger partial charge in [0, 0.05) is 18.5 Å². The molecular formula is C18H20N4OS. The first-order chi connectivity index (χ1) is 11.6. The van der Waals surface area contributed by atoms with Gasteiger partial charge in [-0.1, -0.05) is 30.0 Å². The number of para-hydroxylation sites is 1. The Morgan fingerprint density at radius 3 is 2.75 bits per heavy atom. The maximum Gasteiger partial charge on any atom is 0.235 e. The van der Waals surface area contributed by atoms with Crippen molar-refractivity contribution in [2.45, 2.75) is 37.1 Å². The van der Waals surface area contributed by atoms with E-state index in [1.54, 1.807) is 0 Å². The second-order valence-electron chi connectivity index (χ2n) is 6.31. The van der Waals surface area contributed by atoms with Gasteiger partial charge in [0.1, 0.15) is 0 Å². The highest BCUT2D eigenvalue weighted by atomic mass is 32.2. The van der Waals surface area contributed by atoms with E-state index < -0.39 is 0 Å². The third kappa shape index (κ3) is 2.55. The van der Waals surface area contributed by atoms with E-state index in [9.17, 15) is 4.79 Å². The van der Waals surface area contributed by atoms with Crippen molar-refractivity contribution in [3.8, 4) is 0 Å². The summed E-state index contributed by atoms with van der Waals surface area (Å²) in [6, 6.07) is 10.3. The number of pyridine rings is 1.